The Labute approximate surface area is 115 Å². The van der Waals surface area contributed by atoms with Gasteiger partial charge >= 0.3 is 0 Å². The van der Waals surface area contributed by atoms with E-state index in [1.807, 2.05) is 0 Å². The van der Waals surface area contributed by atoms with Crippen LogP contribution >= 0.6 is 11.6 Å². The van der Waals surface area contributed by atoms with Gasteiger partial charge in [-0.2, -0.15) is 0 Å². The summed E-state index contributed by atoms with van der Waals surface area (Å²) in [6.07, 6.45) is 0. The average molecular weight is 283 g/mol. The molecule has 0 aromatic heterocycles. The maximum Gasteiger partial charge on any atom is 0.129 e. The fourth-order valence-electron chi connectivity index (χ4n) is 1.95. The summed E-state index contributed by atoms with van der Waals surface area (Å²) in [4.78, 5) is 0. The average Bonchev–Trinajstić information content (AvgIpc) is 2.34. The van der Waals surface area contributed by atoms with Gasteiger partial charge in [0.1, 0.15) is 11.6 Å². The Balaban J connectivity index is 2.50. The van der Waals surface area contributed by atoms with Gasteiger partial charge in [-0.05, 0) is 30.7 Å². The molecule has 0 radical (unpaired) electrons. The second-order valence-corrected chi connectivity index (χ2v) is 4.73. The number of nitrogens with one attached hydrogen (secondary N) is 1. The van der Waals surface area contributed by atoms with Crippen molar-refractivity contribution in [1.29, 1.82) is 0 Å². The zero-order valence-electron chi connectivity index (χ0n) is 10.3. The predicted molar refractivity (Wildman–Crippen MR) is 71.7 cm³/mol. The molecule has 0 fully saturated rings. The van der Waals surface area contributed by atoms with E-state index in [0.717, 1.165) is 5.56 Å². The lowest BCUT2D eigenvalue weighted by atomic mass is 9.97. The van der Waals surface area contributed by atoms with Crippen LogP contribution in [0.3, 0.4) is 0 Å². The molecule has 0 aliphatic rings. The molecule has 0 bridgehead atoms. The molecular formula is C14H13ClF2N2. The minimum atomic E-state index is -0.766. The number of halogens is 3. The fourth-order valence-corrected chi connectivity index (χ4v) is 2.11. The quantitative estimate of drug-likeness (QED) is 0.668. The first kappa shape index (κ1) is 13.9. The molecular weight excluding hydrogens is 270 g/mol. The van der Waals surface area contributed by atoms with Crippen LogP contribution in [-0.2, 0) is 0 Å². The molecule has 0 saturated carbocycles. The lowest BCUT2D eigenvalue weighted by molar-refractivity contribution is 0.531. The molecule has 2 nitrogen and oxygen atoms in total. The van der Waals surface area contributed by atoms with E-state index < -0.39 is 17.7 Å². The maximum absolute atomic E-state index is 13.9. The molecule has 1 atom stereocenters. The van der Waals surface area contributed by atoms with E-state index >= 15 is 0 Å². The number of nitrogens with two attached hydrogens (primary N) is 1. The molecule has 2 rings (SSSR count). The first-order valence-electron chi connectivity index (χ1n) is 5.70. The third-order valence-corrected chi connectivity index (χ3v) is 3.14. The van der Waals surface area contributed by atoms with E-state index in [4.69, 9.17) is 17.4 Å². The van der Waals surface area contributed by atoms with Crippen molar-refractivity contribution in [3.8, 4) is 0 Å². The van der Waals surface area contributed by atoms with Crippen molar-refractivity contribution < 1.29 is 8.78 Å². The topological polar surface area (TPSA) is 38.0 Å². The van der Waals surface area contributed by atoms with E-state index in [0.29, 0.717) is 0 Å². The van der Waals surface area contributed by atoms with Crippen molar-refractivity contribution >= 4 is 11.6 Å². The van der Waals surface area contributed by atoms with E-state index in [9.17, 15) is 8.78 Å². The molecule has 3 N–H and O–H groups in total. The number of hydrogen-bond donors (Lipinski definition) is 2. The number of aryl methyl sites for hydroxylation is 1. The predicted octanol–water partition coefficient (Wildman–Crippen LogP) is 3.48. The molecule has 0 heterocycles. The largest absolute Gasteiger partial charge is 0.271 e. The Morgan fingerprint density at radius 2 is 1.63 bits per heavy atom. The summed E-state index contributed by atoms with van der Waals surface area (Å²) < 4.78 is 27.8. The Morgan fingerprint density at radius 3 is 2.16 bits per heavy atom. The lowest BCUT2D eigenvalue weighted by Gasteiger charge is -2.18. The van der Waals surface area contributed by atoms with Gasteiger partial charge in [0, 0.05) is 16.1 Å². The van der Waals surface area contributed by atoms with Crippen molar-refractivity contribution in [1.82, 2.24) is 5.43 Å². The Kier molecular flexibility index (Phi) is 4.14. The number of hydrogen-bond acceptors (Lipinski definition) is 2. The van der Waals surface area contributed by atoms with E-state index in [1.54, 1.807) is 19.1 Å². The van der Waals surface area contributed by atoms with Gasteiger partial charge < -0.3 is 0 Å². The van der Waals surface area contributed by atoms with Gasteiger partial charge in [0.25, 0.3) is 0 Å². The molecule has 19 heavy (non-hydrogen) atoms. The van der Waals surface area contributed by atoms with Crippen LogP contribution in [0.2, 0.25) is 5.02 Å². The van der Waals surface area contributed by atoms with Crippen molar-refractivity contribution in [3.63, 3.8) is 0 Å². The number of hydrazine groups is 1. The van der Waals surface area contributed by atoms with Crippen LogP contribution in [0, 0.1) is 18.6 Å². The molecule has 5 heteroatoms. The van der Waals surface area contributed by atoms with Crippen LogP contribution in [0.1, 0.15) is 22.7 Å². The lowest BCUT2D eigenvalue weighted by Crippen LogP contribution is -2.30. The van der Waals surface area contributed by atoms with Crippen LogP contribution < -0.4 is 11.3 Å². The summed E-state index contributed by atoms with van der Waals surface area (Å²) in [7, 11) is 0. The Bertz CT molecular complexity index is 550. The second-order valence-electron chi connectivity index (χ2n) is 4.29. The smallest absolute Gasteiger partial charge is 0.129 e. The van der Waals surface area contributed by atoms with E-state index in [1.165, 1.54) is 24.3 Å². The first-order valence-corrected chi connectivity index (χ1v) is 6.08. The Hall–Kier alpha value is -1.49. The van der Waals surface area contributed by atoms with Crippen LogP contribution in [-0.4, -0.2) is 0 Å². The van der Waals surface area contributed by atoms with Gasteiger partial charge in [0.15, 0.2) is 0 Å². The first-order chi connectivity index (χ1) is 9.02. The van der Waals surface area contributed by atoms with Crippen molar-refractivity contribution in [2.75, 3.05) is 0 Å². The molecule has 2 aromatic rings. The highest BCUT2D eigenvalue weighted by atomic mass is 35.5. The van der Waals surface area contributed by atoms with Crippen molar-refractivity contribution in [2.24, 2.45) is 5.84 Å². The summed E-state index contributed by atoms with van der Waals surface area (Å²) in [6, 6.07) is 8.15. The van der Waals surface area contributed by atoms with Gasteiger partial charge in [-0.15, -0.1) is 0 Å². The summed E-state index contributed by atoms with van der Waals surface area (Å²) in [6.45, 7) is 1.78. The molecule has 2 aromatic carbocycles. The van der Waals surface area contributed by atoms with Crippen LogP contribution in [0.4, 0.5) is 8.78 Å². The van der Waals surface area contributed by atoms with Gasteiger partial charge in [0.2, 0.25) is 0 Å². The van der Waals surface area contributed by atoms with Gasteiger partial charge in [-0.1, -0.05) is 29.8 Å². The zero-order valence-corrected chi connectivity index (χ0v) is 11.0. The highest BCUT2D eigenvalue weighted by Gasteiger charge is 2.20. The van der Waals surface area contributed by atoms with Crippen molar-refractivity contribution in [3.05, 3.63) is 69.7 Å². The molecule has 0 aliphatic carbocycles. The summed E-state index contributed by atoms with van der Waals surface area (Å²) in [5.41, 5.74) is 3.75. The molecule has 0 amide bonds. The van der Waals surface area contributed by atoms with Crippen LogP contribution in [0.5, 0.6) is 0 Å². The van der Waals surface area contributed by atoms with Gasteiger partial charge in [-0.3, -0.25) is 5.84 Å². The van der Waals surface area contributed by atoms with Gasteiger partial charge in [-0.25, -0.2) is 14.2 Å². The highest BCUT2D eigenvalue weighted by molar-refractivity contribution is 6.30. The molecule has 100 valence electrons. The van der Waals surface area contributed by atoms with E-state index in [-0.39, 0.29) is 16.1 Å². The Morgan fingerprint density at radius 1 is 1.05 bits per heavy atom. The van der Waals surface area contributed by atoms with Crippen molar-refractivity contribution in [2.45, 2.75) is 13.0 Å². The fraction of sp³-hybridized carbons (Fsp3) is 0.143. The number of rotatable bonds is 3. The van der Waals surface area contributed by atoms with Gasteiger partial charge in [0.05, 0.1) is 6.04 Å². The highest BCUT2D eigenvalue weighted by Crippen LogP contribution is 2.27. The number of benzene rings is 2. The second kappa shape index (κ2) is 5.65. The normalized spacial score (nSPS) is 12.5. The van der Waals surface area contributed by atoms with E-state index in [2.05, 4.69) is 5.43 Å². The monoisotopic (exact) mass is 282 g/mol. The standard InChI is InChI=1S/C14H13ClF2N2/c1-8-2-4-10(12(16)6-8)14(19-18)11-5-3-9(15)7-13(11)17/h2-7,14,19H,18H2,1H3. The summed E-state index contributed by atoms with van der Waals surface area (Å²) >= 11 is 5.70. The maximum atomic E-state index is 13.9. The third kappa shape index (κ3) is 2.92. The third-order valence-electron chi connectivity index (χ3n) is 2.91. The zero-order chi connectivity index (χ0) is 14.0. The molecule has 0 spiro atoms. The molecule has 1 unspecified atom stereocenters. The molecule has 0 saturated heterocycles. The summed E-state index contributed by atoms with van der Waals surface area (Å²) in [5.74, 6) is 4.47. The van der Waals surface area contributed by atoms with Crippen LogP contribution in [0.15, 0.2) is 36.4 Å². The molecule has 0 aliphatic heterocycles. The SMILES string of the molecule is Cc1ccc(C(NN)c2ccc(Cl)cc2F)c(F)c1. The summed E-state index contributed by atoms with van der Waals surface area (Å²) in [5, 5.41) is 0.279. The van der Waals surface area contributed by atoms with Crippen LogP contribution in [0.25, 0.3) is 0 Å². The minimum Gasteiger partial charge on any atom is -0.271 e. The minimum absolute atomic E-state index is 0.245.